The molecular formula is C22H24INO7. The lowest BCUT2D eigenvalue weighted by molar-refractivity contribution is -0.138. The van der Waals surface area contributed by atoms with Gasteiger partial charge in [-0.3, -0.25) is 0 Å². The molecule has 0 fully saturated rings. The van der Waals surface area contributed by atoms with E-state index in [9.17, 15) is 14.4 Å². The number of esters is 1. The first-order chi connectivity index (χ1) is 14.9. The van der Waals surface area contributed by atoms with Gasteiger partial charge in [0.05, 0.1) is 0 Å². The second-order valence-electron chi connectivity index (χ2n) is 6.57. The lowest BCUT2D eigenvalue weighted by Gasteiger charge is -2.22. The highest BCUT2D eigenvalue weighted by Crippen LogP contribution is 2.21. The Morgan fingerprint density at radius 1 is 0.968 bits per heavy atom. The summed E-state index contributed by atoms with van der Waals surface area (Å²) in [4.78, 5) is 36.4. The highest BCUT2D eigenvalue weighted by Gasteiger charge is 2.28. The maximum atomic E-state index is 12.7. The Labute approximate surface area is 194 Å². The lowest BCUT2D eigenvalue weighted by Crippen LogP contribution is -2.47. The van der Waals surface area contributed by atoms with E-state index in [4.69, 9.17) is 18.9 Å². The number of hydrogen-bond donors (Lipinski definition) is 1. The first-order valence-corrected chi connectivity index (χ1v) is 11.1. The topological polar surface area (TPSA) is 100 Å². The maximum Gasteiger partial charge on any atom is 0.514 e. The van der Waals surface area contributed by atoms with Crippen LogP contribution in [0.3, 0.4) is 0 Å². The van der Waals surface area contributed by atoms with E-state index in [0.29, 0.717) is 6.42 Å². The zero-order valence-corrected chi connectivity index (χ0v) is 19.4. The first-order valence-electron chi connectivity index (χ1n) is 9.62. The van der Waals surface area contributed by atoms with Gasteiger partial charge in [-0.05, 0) is 46.2 Å². The molecule has 0 spiro atoms. The summed E-state index contributed by atoms with van der Waals surface area (Å²) in [6, 6.07) is 14.3. The molecule has 0 aromatic heterocycles. The Kier molecular flexibility index (Phi) is 10.1. The number of benzene rings is 2. The fraction of sp³-hybridized carbons (Fsp3) is 0.318. The van der Waals surface area contributed by atoms with E-state index in [1.807, 2.05) is 66.8 Å². The molecule has 2 aromatic carbocycles. The van der Waals surface area contributed by atoms with Crippen LogP contribution in [-0.2, 0) is 20.9 Å². The molecule has 0 bridgehead atoms. The summed E-state index contributed by atoms with van der Waals surface area (Å²) in [5.41, 5.74) is 0.832. The normalized spacial score (nSPS) is 12.2. The fourth-order valence-corrected chi connectivity index (χ4v) is 2.77. The van der Waals surface area contributed by atoms with Crippen LogP contribution in [0.15, 0.2) is 54.6 Å². The minimum atomic E-state index is -0.915. The van der Waals surface area contributed by atoms with Crippen molar-refractivity contribution in [3.8, 4) is 11.5 Å². The van der Waals surface area contributed by atoms with Crippen LogP contribution >= 0.6 is 22.6 Å². The molecule has 2 atom stereocenters. The molecule has 2 aromatic rings. The molecule has 8 nitrogen and oxygen atoms in total. The minimum Gasteiger partial charge on any atom is -0.445 e. The number of ether oxygens (including phenoxy) is 4. The average molecular weight is 541 g/mol. The number of alkyl halides is 1. The number of rotatable bonds is 9. The van der Waals surface area contributed by atoms with Crippen LogP contribution in [0.5, 0.6) is 11.5 Å². The third-order valence-electron chi connectivity index (χ3n) is 4.35. The van der Waals surface area contributed by atoms with E-state index in [0.717, 1.165) is 5.56 Å². The van der Waals surface area contributed by atoms with Crippen LogP contribution in [0, 0.1) is 5.92 Å². The molecule has 166 valence electrons. The van der Waals surface area contributed by atoms with Crippen molar-refractivity contribution in [2.24, 2.45) is 5.92 Å². The Balaban J connectivity index is 1.99. The van der Waals surface area contributed by atoms with E-state index in [1.165, 1.54) is 18.2 Å². The molecule has 0 saturated carbocycles. The molecule has 9 heteroatoms. The molecule has 0 saturated heterocycles. The summed E-state index contributed by atoms with van der Waals surface area (Å²) in [5, 5.41) is 2.58. The van der Waals surface area contributed by atoms with Crippen molar-refractivity contribution in [2.75, 3.05) is 4.61 Å². The molecule has 0 aliphatic heterocycles. The van der Waals surface area contributed by atoms with Gasteiger partial charge in [-0.2, -0.15) is 0 Å². The monoisotopic (exact) mass is 541 g/mol. The average Bonchev–Trinajstić information content (AvgIpc) is 2.76. The minimum absolute atomic E-state index is 0.0850. The predicted octanol–water partition coefficient (Wildman–Crippen LogP) is 4.84. The van der Waals surface area contributed by atoms with E-state index >= 15 is 0 Å². The molecule has 31 heavy (non-hydrogen) atoms. The van der Waals surface area contributed by atoms with Crippen LogP contribution in [0.4, 0.5) is 9.59 Å². The van der Waals surface area contributed by atoms with Crippen LogP contribution in [0.25, 0.3) is 0 Å². The number of alkyl carbamates (subject to hydrolysis) is 1. The Bertz CT molecular complexity index is 875. The van der Waals surface area contributed by atoms with Gasteiger partial charge in [0.15, 0.2) is 0 Å². The highest BCUT2D eigenvalue weighted by molar-refractivity contribution is 14.1. The van der Waals surface area contributed by atoms with Gasteiger partial charge >= 0.3 is 18.2 Å². The van der Waals surface area contributed by atoms with Crippen molar-refractivity contribution in [1.29, 1.82) is 0 Å². The highest BCUT2D eigenvalue weighted by atomic mass is 127. The van der Waals surface area contributed by atoms with E-state index in [2.05, 4.69) is 5.32 Å². The van der Waals surface area contributed by atoms with Gasteiger partial charge in [-0.25, -0.2) is 14.4 Å². The third kappa shape index (κ3) is 8.44. The molecule has 0 radical (unpaired) electrons. The van der Waals surface area contributed by atoms with Crippen LogP contribution in [0.1, 0.15) is 25.8 Å². The van der Waals surface area contributed by atoms with E-state index < -0.39 is 24.3 Å². The molecule has 2 rings (SSSR count). The number of carbonyl (C=O) groups is 3. The Morgan fingerprint density at radius 3 is 2.29 bits per heavy atom. The van der Waals surface area contributed by atoms with Crippen LogP contribution in [-0.4, -0.2) is 28.9 Å². The number of halogens is 1. The lowest BCUT2D eigenvalue weighted by atomic mass is 9.99. The Hall–Kier alpha value is -2.82. The van der Waals surface area contributed by atoms with Gasteiger partial charge in [0, 0.05) is 6.07 Å². The second-order valence-corrected chi connectivity index (χ2v) is 7.19. The van der Waals surface area contributed by atoms with Crippen molar-refractivity contribution < 1.29 is 33.3 Å². The van der Waals surface area contributed by atoms with Crippen LogP contribution in [0.2, 0.25) is 0 Å². The van der Waals surface area contributed by atoms with Gasteiger partial charge in [-0.1, -0.05) is 56.7 Å². The largest absolute Gasteiger partial charge is 0.514 e. The van der Waals surface area contributed by atoms with Gasteiger partial charge in [-0.15, -0.1) is 0 Å². The van der Waals surface area contributed by atoms with Gasteiger partial charge < -0.3 is 24.3 Å². The summed E-state index contributed by atoms with van der Waals surface area (Å²) >= 11 is 1.87. The van der Waals surface area contributed by atoms with Crippen molar-refractivity contribution >= 4 is 40.8 Å². The molecular weight excluding hydrogens is 517 g/mol. The summed E-state index contributed by atoms with van der Waals surface area (Å²) in [6.45, 7) is 3.81. The van der Waals surface area contributed by atoms with Gasteiger partial charge in [0.1, 0.15) is 28.8 Å². The Morgan fingerprint density at radius 2 is 1.65 bits per heavy atom. The van der Waals surface area contributed by atoms with Gasteiger partial charge in [0.2, 0.25) is 0 Å². The summed E-state index contributed by atoms with van der Waals surface area (Å²) in [6.07, 6.45) is -0.952. The van der Waals surface area contributed by atoms with Gasteiger partial charge in [0.25, 0.3) is 0 Å². The number of amides is 1. The molecule has 0 unspecified atom stereocenters. The first kappa shape index (κ1) is 24.4. The van der Waals surface area contributed by atoms with E-state index in [1.54, 1.807) is 6.07 Å². The number of nitrogens with one attached hydrogen (secondary N) is 1. The predicted molar refractivity (Wildman–Crippen MR) is 121 cm³/mol. The van der Waals surface area contributed by atoms with Crippen molar-refractivity contribution in [3.05, 3.63) is 60.2 Å². The summed E-state index contributed by atoms with van der Waals surface area (Å²) in [5.74, 6) is -0.527. The quantitative estimate of drug-likeness (QED) is 0.160. The number of hydrogen-bond acceptors (Lipinski definition) is 7. The van der Waals surface area contributed by atoms with Crippen molar-refractivity contribution in [2.45, 2.75) is 32.9 Å². The maximum absolute atomic E-state index is 12.7. The standard InChI is InChI=1S/C22H24INO7/c1-3-15(2)19(24-21(26)28-13-16-8-5-4-6-9-16)20(25)30-17-10-7-11-18(12-17)31-22(27)29-14-23/h4-12,15,19H,3,13-14H2,1-2H3,(H,24,26)/t15-,19-/m0/s1. The fourth-order valence-electron chi connectivity index (χ4n) is 2.51. The summed E-state index contributed by atoms with van der Waals surface area (Å²) in [7, 11) is 0. The summed E-state index contributed by atoms with van der Waals surface area (Å²) < 4.78 is 20.5. The second kappa shape index (κ2) is 12.8. The van der Waals surface area contributed by atoms with Crippen molar-refractivity contribution in [3.63, 3.8) is 0 Å². The molecule has 1 amide bonds. The number of carbonyl (C=O) groups excluding carboxylic acids is 3. The molecule has 1 N–H and O–H groups in total. The zero-order valence-electron chi connectivity index (χ0n) is 17.2. The third-order valence-corrected chi connectivity index (χ3v) is 4.66. The zero-order chi connectivity index (χ0) is 22.6. The van der Waals surface area contributed by atoms with Crippen molar-refractivity contribution in [1.82, 2.24) is 5.32 Å². The smallest absolute Gasteiger partial charge is 0.445 e. The SMILES string of the molecule is CC[C@H](C)[C@H](NC(=O)OCc1ccccc1)C(=O)Oc1cccc(OC(=O)OCI)c1. The van der Waals surface area contributed by atoms with E-state index in [-0.39, 0.29) is 28.6 Å². The molecule has 0 aliphatic carbocycles. The molecule has 0 aliphatic rings. The van der Waals surface area contributed by atoms with Crippen LogP contribution < -0.4 is 14.8 Å². The molecule has 0 heterocycles.